The summed E-state index contributed by atoms with van der Waals surface area (Å²) < 4.78 is 5.11. The smallest absolute Gasteiger partial charge is 0.248 e. The van der Waals surface area contributed by atoms with Gasteiger partial charge >= 0.3 is 0 Å². The van der Waals surface area contributed by atoms with Crippen LogP contribution in [0.3, 0.4) is 0 Å². The molecule has 5 nitrogen and oxygen atoms in total. The minimum atomic E-state index is -0.249. The summed E-state index contributed by atoms with van der Waals surface area (Å²) in [7, 11) is 0. The lowest BCUT2D eigenvalue weighted by Crippen LogP contribution is -2.51. The molecule has 1 fully saturated rings. The van der Waals surface area contributed by atoms with Gasteiger partial charge in [-0.1, -0.05) is 6.92 Å². The minimum Gasteiger partial charge on any atom is -0.392 e. The predicted octanol–water partition coefficient (Wildman–Crippen LogP) is -0.0620. The van der Waals surface area contributed by atoms with E-state index in [1.54, 1.807) is 0 Å². The van der Waals surface area contributed by atoms with E-state index in [4.69, 9.17) is 4.74 Å². The molecule has 1 saturated heterocycles. The van der Waals surface area contributed by atoms with Crippen molar-refractivity contribution in [2.75, 3.05) is 45.9 Å². The van der Waals surface area contributed by atoms with Crippen LogP contribution in [0.4, 0.5) is 0 Å². The van der Waals surface area contributed by atoms with E-state index < -0.39 is 0 Å². The third-order valence-corrected chi connectivity index (χ3v) is 3.09. The maximum absolute atomic E-state index is 11.7. The molecular formula is C12H24N2O3. The van der Waals surface area contributed by atoms with Gasteiger partial charge in [-0.05, 0) is 13.3 Å². The summed E-state index contributed by atoms with van der Waals surface area (Å²) in [5.74, 6) is 0.0718. The predicted molar refractivity (Wildman–Crippen MR) is 65.8 cm³/mol. The number of hydrogen-bond acceptors (Lipinski definition) is 4. The molecule has 100 valence electrons. The van der Waals surface area contributed by atoms with Gasteiger partial charge in [-0.3, -0.25) is 9.69 Å². The maximum atomic E-state index is 11.7. The molecule has 0 aromatic rings. The Kier molecular flexibility index (Phi) is 6.47. The second kappa shape index (κ2) is 7.63. The minimum absolute atomic E-state index is 0.0718. The Balaban J connectivity index is 2.23. The highest BCUT2D eigenvalue weighted by Gasteiger charge is 2.21. The molecule has 1 amide bonds. The lowest BCUT2D eigenvalue weighted by molar-refractivity contribution is -0.137. The van der Waals surface area contributed by atoms with Crippen molar-refractivity contribution < 1.29 is 14.6 Å². The number of carbonyl (C=O) groups excluding carboxylic acids is 1. The Morgan fingerprint density at radius 3 is 2.47 bits per heavy atom. The molecule has 0 unspecified atom stereocenters. The van der Waals surface area contributed by atoms with Crippen LogP contribution in [0.2, 0.25) is 0 Å². The van der Waals surface area contributed by atoms with Gasteiger partial charge in [0.2, 0.25) is 5.91 Å². The van der Waals surface area contributed by atoms with Crippen molar-refractivity contribution in [3.05, 3.63) is 0 Å². The first-order chi connectivity index (χ1) is 8.17. The summed E-state index contributed by atoms with van der Waals surface area (Å²) in [5.41, 5.74) is 0. The number of nitrogens with zero attached hydrogens (tertiary/aromatic N) is 2. The molecule has 5 heteroatoms. The van der Waals surface area contributed by atoms with Gasteiger partial charge in [-0.15, -0.1) is 0 Å². The average Bonchev–Trinajstić information content (AvgIpc) is 2.36. The molecule has 1 aliphatic rings. The van der Waals surface area contributed by atoms with E-state index in [0.29, 0.717) is 13.2 Å². The van der Waals surface area contributed by atoms with Crippen LogP contribution in [0.5, 0.6) is 0 Å². The van der Waals surface area contributed by atoms with Gasteiger partial charge in [0, 0.05) is 39.3 Å². The van der Waals surface area contributed by atoms with E-state index in [1.807, 2.05) is 18.7 Å². The second-order valence-corrected chi connectivity index (χ2v) is 4.38. The van der Waals surface area contributed by atoms with Crippen LogP contribution in [0.25, 0.3) is 0 Å². The summed E-state index contributed by atoms with van der Waals surface area (Å²) in [4.78, 5) is 15.7. The summed E-state index contributed by atoms with van der Waals surface area (Å²) >= 11 is 0. The van der Waals surface area contributed by atoms with Crippen LogP contribution in [0.1, 0.15) is 20.3 Å². The molecule has 1 rings (SSSR count). The van der Waals surface area contributed by atoms with Crippen molar-refractivity contribution in [2.45, 2.75) is 26.4 Å². The number of carbonyl (C=O) groups is 1. The fraction of sp³-hybridized carbons (Fsp3) is 0.917. The molecule has 0 saturated carbocycles. The van der Waals surface area contributed by atoms with E-state index in [9.17, 15) is 9.90 Å². The molecule has 0 aromatic carbocycles. The Morgan fingerprint density at radius 2 is 1.94 bits per heavy atom. The Hall–Kier alpha value is -0.650. The van der Waals surface area contributed by atoms with E-state index in [2.05, 4.69) is 4.90 Å². The highest BCUT2D eigenvalue weighted by molar-refractivity contribution is 5.77. The molecule has 0 bridgehead atoms. The average molecular weight is 244 g/mol. The van der Waals surface area contributed by atoms with Crippen molar-refractivity contribution in [1.29, 1.82) is 0 Å². The van der Waals surface area contributed by atoms with Crippen molar-refractivity contribution >= 4 is 5.91 Å². The monoisotopic (exact) mass is 244 g/mol. The third-order valence-electron chi connectivity index (χ3n) is 3.09. The van der Waals surface area contributed by atoms with Crippen LogP contribution in [-0.2, 0) is 9.53 Å². The van der Waals surface area contributed by atoms with Gasteiger partial charge in [0.05, 0.1) is 6.10 Å². The van der Waals surface area contributed by atoms with Gasteiger partial charge in [0.15, 0.2) is 0 Å². The standard InChI is InChI=1S/C12H24N2O3/c1-3-11(15)9-13-5-7-14(8-6-13)12(16)10-17-4-2/h11,15H,3-10H2,1-2H3/t11-/m0/s1. The first-order valence-electron chi connectivity index (χ1n) is 6.43. The summed E-state index contributed by atoms with van der Waals surface area (Å²) in [5, 5.41) is 9.56. The molecule has 1 aliphatic heterocycles. The zero-order chi connectivity index (χ0) is 12.7. The molecule has 0 aromatic heterocycles. The SMILES string of the molecule is CCOCC(=O)N1CCN(C[C@@H](O)CC)CC1. The molecule has 17 heavy (non-hydrogen) atoms. The molecule has 1 atom stereocenters. The van der Waals surface area contributed by atoms with Crippen molar-refractivity contribution in [3.8, 4) is 0 Å². The number of hydrogen-bond donors (Lipinski definition) is 1. The van der Waals surface area contributed by atoms with Crippen molar-refractivity contribution in [2.24, 2.45) is 0 Å². The number of β-amino-alcohol motifs (C(OH)–C–C–N with tert-alkyl or cyclic N) is 1. The number of aliphatic hydroxyl groups is 1. The number of amides is 1. The number of aliphatic hydroxyl groups excluding tert-OH is 1. The van der Waals surface area contributed by atoms with E-state index in [0.717, 1.165) is 32.6 Å². The topological polar surface area (TPSA) is 53.0 Å². The van der Waals surface area contributed by atoms with Crippen LogP contribution in [0.15, 0.2) is 0 Å². The lowest BCUT2D eigenvalue weighted by atomic mass is 10.2. The number of piperazine rings is 1. The highest BCUT2D eigenvalue weighted by atomic mass is 16.5. The normalized spacial score (nSPS) is 19.4. The van der Waals surface area contributed by atoms with Crippen LogP contribution in [0, 0.1) is 0 Å². The van der Waals surface area contributed by atoms with Crippen molar-refractivity contribution in [1.82, 2.24) is 9.80 Å². The van der Waals surface area contributed by atoms with E-state index >= 15 is 0 Å². The zero-order valence-corrected chi connectivity index (χ0v) is 10.9. The summed E-state index contributed by atoms with van der Waals surface area (Å²) in [6.45, 7) is 8.50. The maximum Gasteiger partial charge on any atom is 0.248 e. The zero-order valence-electron chi connectivity index (χ0n) is 10.9. The molecular weight excluding hydrogens is 220 g/mol. The van der Waals surface area contributed by atoms with Crippen molar-refractivity contribution in [3.63, 3.8) is 0 Å². The summed E-state index contributed by atoms with van der Waals surface area (Å²) in [6.07, 6.45) is 0.532. The summed E-state index contributed by atoms with van der Waals surface area (Å²) in [6, 6.07) is 0. The third kappa shape index (κ3) is 5.02. The quantitative estimate of drug-likeness (QED) is 0.711. The van der Waals surface area contributed by atoms with E-state index in [-0.39, 0.29) is 18.6 Å². The van der Waals surface area contributed by atoms with Gasteiger partial charge in [-0.25, -0.2) is 0 Å². The lowest BCUT2D eigenvalue weighted by Gasteiger charge is -2.35. The van der Waals surface area contributed by atoms with Gasteiger partial charge < -0.3 is 14.7 Å². The number of ether oxygens (including phenoxy) is 1. The Labute approximate surface area is 103 Å². The largest absolute Gasteiger partial charge is 0.392 e. The highest BCUT2D eigenvalue weighted by Crippen LogP contribution is 2.04. The molecule has 0 radical (unpaired) electrons. The van der Waals surface area contributed by atoms with Crippen LogP contribution < -0.4 is 0 Å². The number of rotatable bonds is 6. The molecule has 0 spiro atoms. The fourth-order valence-electron chi connectivity index (χ4n) is 1.89. The van der Waals surface area contributed by atoms with Gasteiger partial charge in [-0.2, -0.15) is 0 Å². The fourth-order valence-corrected chi connectivity index (χ4v) is 1.89. The first-order valence-corrected chi connectivity index (χ1v) is 6.43. The molecule has 1 N–H and O–H groups in total. The first kappa shape index (κ1) is 14.4. The van der Waals surface area contributed by atoms with Gasteiger partial charge in [0.25, 0.3) is 0 Å². The molecule has 0 aliphatic carbocycles. The Morgan fingerprint density at radius 1 is 1.29 bits per heavy atom. The second-order valence-electron chi connectivity index (χ2n) is 4.38. The van der Waals surface area contributed by atoms with E-state index in [1.165, 1.54) is 0 Å². The van der Waals surface area contributed by atoms with Crippen LogP contribution in [-0.4, -0.2) is 72.9 Å². The molecule has 1 heterocycles. The van der Waals surface area contributed by atoms with Gasteiger partial charge in [0.1, 0.15) is 6.61 Å². The Bertz CT molecular complexity index is 228. The van der Waals surface area contributed by atoms with Crippen LogP contribution >= 0.6 is 0 Å².